The first-order valence-corrected chi connectivity index (χ1v) is 7.87. The Hall–Kier alpha value is -3.16. The van der Waals surface area contributed by atoms with Gasteiger partial charge in [0.2, 0.25) is 0 Å². The number of anilines is 1. The number of benzene rings is 1. The zero-order valence-electron chi connectivity index (χ0n) is 14.9. The maximum Gasteiger partial charge on any atom is 0.333 e. The van der Waals surface area contributed by atoms with Crippen LogP contribution in [0.5, 0.6) is 0 Å². The number of nitro groups is 1. The molecule has 0 saturated heterocycles. The van der Waals surface area contributed by atoms with E-state index < -0.39 is 16.9 Å². The summed E-state index contributed by atoms with van der Waals surface area (Å²) in [5, 5.41) is 10.8. The van der Waals surface area contributed by atoms with Crippen LogP contribution in [0.1, 0.15) is 13.8 Å². The molecule has 140 valence electrons. The number of hydrogen-bond donors (Lipinski definition) is 0. The molecule has 0 radical (unpaired) electrons. The Balaban J connectivity index is 2.74. The molecule has 0 spiro atoms. The Morgan fingerprint density at radius 3 is 1.77 bits per heavy atom. The first-order chi connectivity index (χ1) is 12.2. The lowest BCUT2D eigenvalue weighted by molar-refractivity contribution is -0.384. The Bertz CT molecular complexity index is 664. The second kappa shape index (κ2) is 9.97. The molecular formula is C18H22N2O6. The molecule has 0 aromatic heterocycles. The highest BCUT2D eigenvalue weighted by molar-refractivity contribution is 5.87. The monoisotopic (exact) mass is 362 g/mol. The maximum atomic E-state index is 11.5. The summed E-state index contributed by atoms with van der Waals surface area (Å²) in [6.07, 6.45) is 0. The predicted octanol–water partition coefficient (Wildman–Crippen LogP) is 2.64. The molecule has 0 aliphatic rings. The van der Waals surface area contributed by atoms with Crippen LogP contribution in [0.25, 0.3) is 0 Å². The molecule has 8 nitrogen and oxygen atoms in total. The summed E-state index contributed by atoms with van der Waals surface area (Å²) in [4.78, 5) is 35.0. The van der Waals surface area contributed by atoms with Gasteiger partial charge in [-0.25, -0.2) is 9.59 Å². The largest absolute Gasteiger partial charge is 0.460 e. The fraction of sp³-hybridized carbons (Fsp3) is 0.333. The van der Waals surface area contributed by atoms with E-state index in [1.54, 1.807) is 30.9 Å². The first-order valence-electron chi connectivity index (χ1n) is 7.87. The average molecular weight is 362 g/mol. The van der Waals surface area contributed by atoms with E-state index in [0.717, 1.165) is 0 Å². The van der Waals surface area contributed by atoms with Crippen LogP contribution in [0.15, 0.2) is 48.6 Å². The Kier molecular flexibility index (Phi) is 8.01. The molecule has 0 unspecified atom stereocenters. The van der Waals surface area contributed by atoms with Crippen molar-refractivity contribution in [3.05, 3.63) is 58.7 Å². The Labute approximate surface area is 151 Å². The zero-order valence-corrected chi connectivity index (χ0v) is 14.9. The minimum atomic E-state index is -0.498. The van der Waals surface area contributed by atoms with E-state index in [2.05, 4.69) is 13.2 Å². The lowest BCUT2D eigenvalue weighted by Gasteiger charge is -2.24. The number of esters is 2. The van der Waals surface area contributed by atoms with Crippen molar-refractivity contribution in [2.75, 3.05) is 31.2 Å². The van der Waals surface area contributed by atoms with Crippen LogP contribution in [-0.2, 0) is 19.1 Å². The average Bonchev–Trinajstić information content (AvgIpc) is 2.59. The Morgan fingerprint density at radius 1 is 1.00 bits per heavy atom. The van der Waals surface area contributed by atoms with Crippen molar-refractivity contribution in [1.29, 1.82) is 0 Å². The van der Waals surface area contributed by atoms with Gasteiger partial charge in [-0.3, -0.25) is 10.1 Å². The summed E-state index contributed by atoms with van der Waals surface area (Å²) in [5.41, 5.74) is 1.23. The number of nitrogens with zero attached hydrogens (tertiary/aromatic N) is 2. The quantitative estimate of drug-likeness (QED) is 0.273. The lowest BCUT2D eigenvalue weighted by atomic mass is 10.2. The number of rotatable bonds is 10. The molecule has 1 aromatic rings. The molecule has 0 heterocycles. The number of ether oxygens (including phenoxy) is 2. The van der Waals surface area contributed by atoms with E-state index in [-0.39, 0.29) is 18.9 Å². The lowest BCUT2D eigenvalue weighted by Crippen LogP contribution is -2.32. The molecule has 1 rings (SSSR count). The highest BCUT2D eigenvalue weighted by Crippen LogP contribution is 2.19. The van der Waals surface area contributed by atoms with Crippen molar-refractivity contribution in [2.24, 2.45) is 0 Å². The molecule has 0 amide bonds. The van der Waals surface area contributed by atoms with Crippen LogP contribution in [0, 0.1) is 10.1 Å². The van der Waals surface area contributed by atoms with Gasteiger partial charge in [0.15, 0.2) is 0 Å². The predicted molar refractivity (Wildman–Crippen MR) is 96.9 cm³/mol. The van der Waals surface area contributed by atoms with Crippen molar-refractivity contribution in [3.8, 4) is 0 Å². The number of carbonyl (C=O) groups excluding carboxylic acids is 2. The van der Waals surface area contributed by atoms with Gasteiger partial charge >= 0.3 is 11.9 Å². The smallest absolute Gasteiger partial charge is 0.333 e. The normalized spacial score (nSPS) is 9.92. The summed E-state index contributed by atoms with van der Waals surface area (Å²) < 4.78 is 10.1. The van der Waals surface area contributed by atoms with E-state index in [0.29, 0.717) is 29.9 Å². The summed E-state index contributed by atoms with van der Waals surface area (Å²) in [6.45, 7) is 10.9. The minimum Gasteiger partial charge on any atom is -0.460 e. The van der Waals surface area contributed by atoms with Crippen LogP contribution >= 0.6 is 0 Å². The van der Waals surface area contributed by atoms with Crippen LogP contribution in [0.4, 0.5) is 11.4 Å². The fourth-order valence-electron chi connectivity index (χ4n) is 1.90. The first kappa shape index (κ1) is 20.9. The van der Waals surface area contributed by atoms with Crippen molar-refractivity contribution >= 4 is 23.3 Å². The standard InChI is InChI=1S/C18H22N2O6/c1-13(2)17(21)25-11-9-19(10-12-26-18(22)14(3)4)15-5-7-16(8-6-15)20(23)24/h5-8H,1,3,9-12H2,2,4H3. The number of non-ortho nitro benzene ring substituents is 1. The van der Waals surface area contributed by atoms with Crippen molar-refractivity contribution < 1.29 is 24.0 Å². The topological polar surface area (TPSA) is 99.0 Å². The van der Waals surface area contributed by atoms with Gasteiger partial charge in [0, 0.05) is 29.0 Å². The summed E-state index contributed by atoms with van der Waals surface area (Å²) in [7, 11) is 0. The molecule has 0 bridgehead atoms. The number of carbonyl (C=O) groups is 2. The minimum absolute atomic E-state index is 0.0314. The van der Waals surface area contributed by atoms with E-state index in [9.17, 15) is 19.7 Å². The van der Waals surface area contributed by atoms with Gasteiger partial charge in [-0.2, -0.15) is 0 Å². The summed E-state index contributed by atoms with van der Waals surface area (Å²) in [5.74, 6) is -0.996. The van der Waals surface area contributed by atoms with Gasteiger partial charge in [0.05, 0.1) is 18.0 Å². The van der Waals surface area contributed by atoms with E-state index in [1.807, 2.05) is 0 Å². The van der Waals surface area contributed by atoms with Gasteiger partial charge in [0.1, 0.15) is 13.2 Å². The van der Waals surface area contributed by atoms with Gasteiger partial charge < -0.3 is 14.4 Å². The third kappa shape index (κ3) is 6.76. The van der Waals surface area contributed by atoms with Crippen LogP contribution < -0.4 is 4.90 Å². The highest BCUT2D eigenvalue weighted by atomic mass is 16.6. The second-order valence-electron chi connectivity index (χ2n) is 5.59. The Morgan fingerprint density at radius 2 is 1.42 bits per heavy atom. The van der Waals surface area contributed by atoms with Gasteiger partial charge in [-0.1, -0.05) is 13.2 Å². The van der Waals surface area contributed by atoms with Crippen molar-refractivity contribution in [3.63, 3.8) is 0 Å². The van der Waals surface area contributed by atoms with E-state index in [4.69, 9.17) is 9.47 Å². The van der Waals surface area contributed by atoms with Crippen molar-refractivity contribution in [1.82, 2.24) is 0 Å². The third-order valence-electron chi connectivity index (χ3n) is 3.31. The highest BCUT2D eigenvalue weighted by Gasteiger charge is 2.12. The maximum absolute atomic E-state index is 11.5. The molecule has 0 fully saturated rings. The molecule has 0 aliphatic heterocycles. The second-order valence-corrected chi connectivity index (χ2v) is 5.59. The van der Waals surface area contributed by atoms with Gasteiger partial charge in [-0.05, 0) is 26.0 Å². The fourth-order valence-corrected chi connectivity index (χ4v) is 1.90. The van der Waals surface area contributed by atoms with Gasteiger partial charge in [-0.15, -0.1) is 0 Å². The molecule has 0 aliphatic carbocycles. The molecule has 26 heavy (non-hydrogen) atoms. The van der Waals surface area contributed by atoms with Crippen LogP contribution in [0.2, 0.25) is 0 Å². The molecule has 0 atom stereocenters. The van der Waals surface area contributed by atoms with Crippen LogP contribution in [-0.4, -0.2) is 43.2 Å². The molecular weight excluding hydrogens is 340 g/mol. The SMILES string of the molecule is C=C(C)C(=O)OCCN(CCOC(=O)C(=C)C)c1ccc([N+](=O)[O-])cc1. The van der Waals surface area contributed by atoms with E-state index >= 15 is 0 Å². The molecule has 1 aromatic carbocycles. The third-order valence-corrected chi connectivity index (χ3v) is 3.31. The zero-order chi connectivity index (χ0) is 19.7. The molecule has 0 saturated carbocycles. The number of nitro benzene ring substituents is 1. The van der Waals surface area contributed by atoms with Crippen LogP contribution in [0.3, 0.4) is 0 Å². The van der Waals surface area contributed by atoms with Gasteiger partial charge in [0.25, 0.3) is 5.69 Å². The number of hydrogen-bond acceptors (Lipinski definition) is 7. The summed E-state index contributed by atoms with van der Waals surface area (Å²) >= 11 is 0. The van der Waals surface area contributed by atoms with E-state index in [1.165, 1.54) is 12.1 Å². The summed E-state index contributed by atoms with van der Waals surface area (Å²) in [6, 6.07) is 5.92. The molecule has 8 heteroatoms. The molecule has 0 N–H and O–H groups in total. The van der Waals surface area contributed by atoms with Crippen molar-refractivity contribution in [2.45, 2.75) is 13.8 Å².